The van der Waals surface area contributed by atoms with Crippen LogP contribution in [0.2, 0.25) is 0 Å². The van der Waals surface area contributed by atoms with Crippen molar-refractivity contribution >= 4 is 17.7 Å². The number of hydrogen-bond donors (Lipinski definition) is 1. The van der Waals surface area contributed by atoms with Crippen molar-refractivity contribution in [3.05, 3.63) is 60.3 Å². The third kappa shape index (κ3) is 5.03. The number of aryl methyl sites for hydroxylation is 1. The number of thioether (sulfide) groups is 1. The molecule has 0 unspecified atom stereocenters. The van der Waals surface area contributed by atoms with Crippen LogP contribution in [-0.2, 0) is 13.7 Å². The zero-order chi connectivity index (χ0) is 18.2. The predicted octanol–water partition coefficient (Wildman–Crippen LogP) is 1.71. The third-order valence-corrected chi connectivity index (χ3v) is 4.43. The number of nitrogens with one attached hydrogen (secondary N) is 1. The number of benzene rings is 1. The standard InChI is InChI=1S/C17H18N6O2S/c1-23-12-21-22-17(23)26-8-7-18-16(24)14-9-15(20-11-19-14)25-10-13-5-3-2-4-6-13/h2-6,9,11-12H,7-8,10H2,1H3,(H,18,24). The number of hydrogen-bond acceptors (Lipinski definition) is 7. The maximum atomic E-state index is 12.2. The Balaban J connectivity index is 1.47. The van der Waals surface area contributed by atoms with Gasteiger partial charge in [0.05, 0.1) is 0 Å². The minimum atomic E-state index is -0.268. The van der Waals surface area contributed by atoms with Crippen LogP contribution in [0.15, 0.2) is 54.2 Å². The van der Waals surface area contributed by atoms with Gasteiger partial charge in [-0.1, -0.05) is 42.1 Å². The van der Waals surface area contributed by atoms with Gasteiger partial charge in [-0.15, -0.1) is 10.2 Å². The molecule has 8 nitrogen and oxygen atoms in total. The molecule has 3 rings (SSSR count). The topological polar surface area (TPSA) is 94.8 Å². The summed E-state index contributed by atoms with van der Waals surface area (Å²) in [5, 5.41) is 11.4. The second-order valence-electron chi connectivity index (χ2n) is 5.34. The molecule has 2 heterocycles. The van der Waals surface area contributed by atoms with E-state index in [2.05, 4.69) is 25.5 Å². The van der Waals surface area contributed by atoms with Gasteiger partial charge in [0.15, 0.2) is 5.16 Å². The molecule has 0 radical (unpaired) electrons. The van der Waals surface area contributed by atoms with Gasteiger partial charge in [-0.05, 0) is 5.56 Å². The van der Waals surface area contributed by atoms with E-state index in [1.807, 2.05) is 41.9 Å². The van der Waals surface area contributed by atoms with Crippen LogP contribution in [0.5, 0.6) is 5.88 Å². The number of rotatable bonds is 8. The molecule has 0 atom stereocenters. The van der Waals surface area contributed by atoms with Gasteiger partial charge in [0, 0.05) is 25.4 Å². The average Bonchev–Trinajstić information content (AvgIpc) is 3.09. The normalized spacial score (nSPS) is 10.5. The van der Waals surface area contributed by atoms with E-state index >= 15 is 0 Å². The van der Waals surface area contributed by atoms with E-state index < -0.39 is 0 Å². The molecule has 9 heteroatoms. The van der Waals surface area contributed by atoms with Crippen LogP contribution in [0, 0.1) is 0 Å². The molecule has 0 saturated heterocycles. The van der Waals surface area contributed by atoms with Crippen molar-refractivity contribution in [3.8, 4) is 5.88 Å². The molecule has 0 spiro atoms. The molecule has 0 aliphatic carbocycles. The van der Waals surface area contributed by atoms with E-state index in [0.717, 1.165) is 10.7 Å². The maximum absolute atomic E-state index is 12.2. The summed E-state index contributed by atoms with van der Waals surface area (Å²) >= 11 is 1.52. The van der Waals surface area contributed by atoms with Crippen LogP contribution in [0.25, 0.3) is 0 Å². The summed E-state index contributed by atoms with van der Waals surface area (Å²) in [6.45, 7) is 0.869. The number of amides is 1. The largest absolute Gasteiger partial charge is 0.473 e. The molecule has 3 aromatic rings. The van der Waals surface area contributed by atoms with Crippen LogP contribution >= 0.6 is 11.8 Å². The Kier molecular flexibility index (Phi) is 6.15. The summed E-state index contributed by atoms with van der Waals surface area (Å²) in [6.07, 6.45) is 2.96. The fourth-order valence-electron chi connectivity index (χ4n) is 2.07. The minimum absolute atomic E-state index is 0.268. The van der Waals surface area contributed by atoms with Crippen LogP contribution in [0.4, 0.5) is 0 Å². The lowest BCUT2D eigenvalue weighted by molar-refractivity contribution is 0.0950. The first kappa shape index (κ1) is 17.9. The Morgan fingerprint density at radius 2 is 2.12 bits per heavy atom. The zero-order valence-electron chi connectivity index (χ0n) is 14.2. The van der Waals surface area contributed by atoms with Crippen molar-refractivity contribution in [1.29, 1.82) is 0 Å². The van der Waals surface area contributed by atoms with Gasteiger partial charge in [0.25, 0.3) is 5.91 Å². The third-order valence-electron chi connectivity index (χ3n) is 3.39. The van der Waals surface area contributed by atoms with Crippen molar-refractivity contribution in [2.45, 2.75) is 11.8 Å². The van der Waals surface area contributed by atoms with Crippen molar-refractivity contribution in [2.24, 2.45) is 7.05 Å². The Hall–Kier alpha value is -2.94. The van der Waals surface area contributed by atoms with Crippen LogP contribution in [0.3, 0.4) is 0 Å². The lowest BCUT2D eigenvalue weighted by Gasteiger charge is -2.07. The van der Waals surface area contributed by atoms with Crippen molar-refractivity contribution in [2.75, 3.05) is 12.3 Å². The van der Waals surface area contributed by atoms with Crippen LogP contribution in [-0.4, -0.2) is 42.9 Å². The van der Waals surface area contributed by atoms with Gasteiger partial charge in [-0.25, -0.2) is 9.97 Å². The van der Waals surface area contributed by atoms with Crippen molar-refractivity contribution in [3.63, 3.8) is 0 Å². The number of ether oxygens (including phenoxy) is 1. The Morgan fingerprint density at radius 3 is 2.88 bits per heavy atom. The highest BCUT2D eigenvalue weighted by Crippen LogP contribution is 2.12. The number of carbonyl (C=O) groups is 1. The zero-order valence-corrected chi connectivity index (χ0v) is 15.0. The highest BCUT2D eigenvalue weighted by atomic mass is 32.2. The van der Waals surface area contributed by atoms with Crippen molar-refractivity contribution < 1.29 is 9.53 Å². The smallest absolute Gasteiger partial charge is 0.270 e. The summed E-state index contributed by atoms with van der Waals surface area (Å²) in [7, 11) is 1.87. The van der Waals surface area contributed by atoms with E-state index in [0.29, 0.717) is 24.8 Å². The Bertz CT molecular complexity index is 855. The Labute approximate surface area is 155 Å². The average molecular weight is 370 g/mol. The summed E-state index contributed by atoms with van der Waals surface area (Å²) < 4.78 is 7.44. The predicted molar refractivity (Wildman–Crippen MR) is 96.9 cm³/mol. The van der Waals surface area contributed by atoms with Crippen LogP contribution in [0.1, 0.15) is 16.1 Å². The number of carbonyl (C=O) groups excluding carboxylic acids is 1. The van der Waals surface area contributed by atoms with E-state index in [9.17, 15) is 4.79 Å². The molecule has 0 saturated carbocycles. The number of aromatic nitrogens is 5. The summed E-state index contributed by atoms with van der Waals surface area (Å²) in [6, 6.07) is 11.3. The lowest BCUT2D eigenvalue weighted by atomic mass is 10.2. The van der Waals surface area contributed by atoms with E-state index in [1.54, 1.807) is 6.33 Å². The van der Waals surface area contributed by atoms with E-state index in [-0.39, 0.29) is 11.6 Å². The molecule has 0 bridgehead atoms. The minimum Gasteiger partial charge on any atom is -0.473 e. The molecule has 1 N–H and O–H groups in total. The molecule has 0 aliphatic rings. The fraction of sp³-hybridized carbons (Fsp3) is 0.235. The monoisotopic (exact) mass is 370 g/mol. The molecule has 0 aliphatic heterocycles. The molecule has 1 aromatic carbocycles. The number of nitrogens with zero attached hydrogens (tertiary/aromatic N) is 5. The van der Waals surface area contributed by atoms with Crippen LogP contribution < -0.4 is 10.1 Å². The molecular formula is C17H18N6O2S. The van der Waals surface area contributed by atoms with E-state index in [1.165, 1.54) is 24.2 Å². The van der Waals surface area contributed by atoms with E-state index in [4.69, 9.17) is 4.74 Å². The molecule has 26 heavy (non-hydrogen) atoms. The Morgan fingerprint density at radius 1 is 1.27 bits per heavy atom. The summed E-state index contributed by atoms with van der Waals surface area (Å²) in [4.78, 5) is 20.2. The van der Waals surface area contributed by atoms with Gasteiger partial charge < -0.3 is 14.6 Å². The maximum Gasteiger partial charge on any atom is 0.270 e. The van der Waals surface area contributed by atoms with Gasteiger partial charge in [-0.3, -0.25) is 4.79 Å². The highest BCUT2D eigenvalue weighted by molar-refractivity contribution is 7.99. The molecule has 134 valence electrons. The summed E-state index contributed by atoms with van der Waals surface area (Å²) in [5.74, 6) is 0.777. The van der Waals surface area contributed by atoms with Gasteiger partial charge in [0.1, 0.15) is 25.0 Å². The van der Waals surface area contributed by atoms with Gasteiger partial charge in [-0.2, -0.15) is 0 Å². The molecule has 2 aromatic heterocycles. The first-order valence-electron chi connectivity index (χ1n) is 7.96. The lowest BCUT2D eigenvalue weighted by Crippen LogP contribution is -2.26. The summed E-state index contributed by atoms with van der Waals surface area (Å²) in [5.41, 5.74) is 1.30. The van der Waals surface area contributed by atoms with Gasteiger partial charge in [0.2, 0.25) is 5.88 Å². The van der Waals surface area contributed by atoms with Gasteiger partial charge >= 0.3 is 0 Å². The second-order valence-corrected chi connectivity index (χ2v) is 6.41. The molecule has 0 fully saturated rings. The fourth-order valence-corrected chi connectivity index (χ4v) is 2.82. The second kappa shape index (κ2) is 8.95. The highest BCUT2D eigenvalue weighted by Gasteiger charge is 2.09. The molecule has 1 amide bonds. The SMILES string of the molecule is Cn1cnnc1SCCNC(=O)c1cc(OCc2ccccc2)ncn1. The quantitative estimate of drug-likeness (QED) is 0.476. The molecular weight excluding hydrogens is 352 g/mol. The first-order chi connectivity index (χ1) is 12.7. The first-order valence-corrected chi connectivity index (χ1v) is 8.94. The van der Waals surface area contributed by atoms with Crippen molar-refractivity contribution in [1.82, 2.24) is 30.0 Å².